The first kappa shape index (κ1) is 10.3. The predicted octanol–water partition coefficient (Wildman–Crippen LogP) is 0.382. The van der Waals surface area contributed by atoms with E-state index >= 15 is 0 Å². The van der Waals surface area contributed by atoms with Gasteiger partial charge in [-0.3, -0.25) is 0 Å². The summed E-state index contributed by atoms with van der Waals surface area (Å²) >= 11 is 0. The molecule has 0 saturated heterocycles. The Kier molecular flexibility index (Phi) is 2.55. The van der Waals surface area contributed by atoms with Gasteiger partial charge in [0, 0.05) is 38.9 Å². The molecule has 2 aliphatic heterocycles. The van der Waals surface area contributed by atoms with Crippen molar-refractivity contribution >= 4 is 7.55 Å². The molecule has 0 aliphatic carbocycles. The molecule has 0 radical (unpaired) electrons. The van der Waals surface area contributed by atoms with Gasteiger partial charge in [0.1, 0.15) is 0 Å². The Labute approximate surface area is 92.7 Å². The van der Waals surface area contributed by atoms with E-state index in [1.54, 1.807) is 0 Å². The third-order valence-electron chi connectivity index (χ3n) is 3.45. The van der Waals surface area contributed by atoms with Crippen LogP contribution in [-0.4, -0.2) is 53.4 Å². The zero-order valence-corrected chi connectivity index (χ0v) is 9.96. The van der Waals surface area contributed by atoms with Gasteiger partial charge in [-0.25, -0.2) is 0 Å². The van der Waals surface area contributed by atoms with E-state index in [-0.39, 0.29) is 0 Å². The molecule has 0 amide bonds. The second kappa shape index (κ2) is 3.72. The van der Waals surface area contributed by atoms with Gasteiger partial charge in [0.25, 0.3) is 0 Å². The third kappa shape index (κ3) is 1.78. The molecule has 0 aromatic rings. The molecule has 0 spiro atoms. The molecule has 0 saturated carbocycles. The molecule has 2 rings (SSSR count). The van der Waals surface area contributed by atoms with Crippen molar-refractivity contribution in [3.05, 3.63) is 24.8 Å². The summed E-state index contributed by atoms with van der Waals surface area (Å²) in [5, 5.41) is 0. The lowest BCUT2D eigenvalue weighted by Gasteiger charge is -2.33. The fraction of sp³-hybridized carbons (Fsp3) is 0.600. The van der Waals surface area contributed by atoms with Crippen molar-refractivity contribution in [2.75, 3.05) is 14.1 Å². The Morgan fingerprint density at radius 3 is 1.47 bits per heavy atom. The van der Waals surface area contributed by atoms with E-state index in [4.69, 9.17) is 0 Å². The summed E-state index contributed by atoms with van der Waals surface area (Å²) in [5.41, 5.74) is 0. The van der Waals surface area contributed by atoms with E-state index < -0.39 is 0 Å². The Hall–Kier alpha value is -1.26. The number of rotatable bonds is 2. The fourth-order valence-electron chi connectivity index (χ4n) is 1.87. The molecule has 82 valence electrons. The van der Waals surface area contributed by atoms with Crippen LogP contribution < -0.4 is 0 Å². The summed E-state index contributed by atoms with van der Waals surface area (Å²) in [6.07, 6.45) is 9.47. The van der Waals surface area contributed by atoms with Gasteiger partial charge >= 0.3 is 7.55 Å². The Morgan fingerprint density at radius 1 is 0.800 bits per heavy atom. The highest BCUT2D eigenvalue weighted by Gasteiger charge is 2.26. The van der Waals surface area contributed by atoms with Gasteiger partial charge < -0.3 is 19.4 Å². The zero-order chi connectivity index (χ0) is 11.0. The minimum atomic E-state index is 0.455. The van der Waals surface area contributed by atoms with E-state index in [1.807, 2.05) is 0 Å². The number of hydrogen-bond donors (Lipinski definition) is 0. The average Bonchev–Trinajstić information content (AvgIpc) is 2.68. The number of nitrogens with zero attached hydrogens (tertiary/aromatic N) is 4. The molecule has 2 aliphatic rings. The summed E-state index contributed by atoms with van der Waals surface area (Å²) in [4.78, 5) is 9.10. The van der Waals surface area contributed by atoms with E-state index in [2.05, 4.69) is 72.2 Å². The Balaban J connectivity index is 1.93. The van der Waals surface area contributed by atoms with Crippen LogP contribution in [0.15, 0.2) is 24.8 Å². The van der Waals surface area contributed by atoms with Crippen LogP contribution in [0.2, 0.25) is 0 Å². The Bertz CT molecular complexity index is 263. The highest BCUT2D eigenvalue weighted by Crippen LogP contribution is 2.17. The number of hydrogen-bond acceptors (Lipinski definition) is 4. The minimum Gasteiger partial charge on any atom is -0.384 e. The van der Waals surface area contributed by atoms with Gasteiger partial charge in [0.2, 0.25) is 0 Å². The van der Waals surface area contributed by atoms with Crippen molar-refractivity contribution in [3.8, 4) is 0 Å². The van der Waals surface area contributed by atoms with Gasteiger partial charge in [-0.15, -0.1) is 0 Å². The van der Waals surface area contributed by atoms with Crippen molar-refractivity contribution in [1.29, 1.82) is 0 Å². The second-order valence-corrected chi connectivity index (χ2v) is 4.36. The predicted molar refractivity (Wildman–Crippen MR) is 63.6 cm³/mol. The maximum Gasteiger partial charge on any atom is 0.359 e. The molecule has 15 heavy (non-hydrogen) atoms. The summed E-state index contributed by atoms with van der Waals surface area (Å²) in [5.74, 6) is 0. The summed E-state index contributed by atoms with van der Waals surface area (Å²) in [6.45, 7) is 4.43. The van der Waals surface area contributed by atoms with Crippen molar-refractivity contribution in [1.82, 2.24) is 19.4 Å². The molecular formula is C10H19BN4. The molecule has 0 unspecified atom stereocenters. The Morgan fingerprint density at radius 2 is 1.20 bits per heavy atom. The molecule has 0 N–H and O–H groups in total. The first-order valence-corrected chi connectivity index (χ1v) is 5.41. The quantitative estimate of drug-likeness (QED) is 0.605. The van der Waals surface area contributed by atoms with Crippen molar-refractivity contribution in [3.63, 3.8) is 0 Å². The van der Waals surface area contributed by atoms with Gasteiger partial charge in [0.15, 0.2) is 0 Å². The van der Waals surface area contributed by atoms with Crippen LogP contribution in [0.5, 0.6) is 0 Å². The second-order valence-electron chi connectivity index (χ2n) is 4.36. The summed E-state index contributed by atoms with van der Waals surface area (Å²) < 4.78 is 0. The molecule has 0 bridgehead atoms. The van der Waals surface area contributed by atoms with Crippen molar-refractivity contribution < 1.29 is 0 Å². The van der Waals surface area contributed by atoms with Crippen LogP contribution in [0.1, 0.15) is 13.8 Å². The van der Waals surface area contributed by atoms with Gasteiger partial charge in [-0.1, -0.05) is 0 Å². The van der Waals surface area contributed by atoms with E-state index in [1.165, 1.54) is 0 Å². The first-order chi connectivity index (χ1) is 7.09. The molecule has 2 heterocycles. The largest absolute Gasteiger partial charge is 0.384 e. The molecule has 0 aromatic heterocycles. The first-order valence-electron chi connectivity index (χ1n) is 5.41. The summed E-state index contributed by atoms with van der Waals surface area (Å²) in [6, 6.07) is 0. The van der Waals surface area contributed by atoms with Crippen molar-refractivity contribution in [2.24, 2.45) is 0 Å². The maximum atomic E-state index is 2.33. The fourth-order valence-corrected chi connectivity index (χ4v) is 1.87. The lowest BCUT2D eigenvalue weighted by atomic mass is 10.0. The van der Waals surface area contributed by atoms with Crippen LogP contribution in [0.25, 0.3) is 0 Å². The highest BCUT2D eigenvalue weighted by molar-refractivity contribution is 6.29. The SMILES string of the molecule is C[C@@H]1N(C)C=CN1BN1C=CN(C)[C@@H]1C. The lowest BCUT2D eigenvalue weighted by molar-refractivity contribution is 0.236. The lowest BCUT2D eigenvalue weighted by Crippen LogP contribution is -2.46. The van der Waals surface area contributed by atoms with E-state index in [9.17, 15) is 0 Å². The van der Waals surface area contributed by atoms with Gasteiger partial charge in [-0.2, -0.15) is 0 Å². The molecule has 2 atom stereocenters. The van der Waals surface area contributed by atoms with Crippen LogP contribution in [-0.2, 0) is 0 Å². The topological polar surface area (TPSA) is 13.0 Å². The van der Waals surface area contributed by atoms with E-state index in [0.29, 0.717) is 12.3 Å². The average molecular weight is 206 g/mol. The highest BCUT2D eigenvalue weighted by atomic mass is 15.4. The minimum absolute atomic E-state index is 0.455. The monoisotopic (exact) mass is 206 g/mol. The van der Waals surface area contributed by atoms with Gasteiger partial charge in [-0.05, 0) is 13.8 Å². The molecule has 0 fully saturated rings. The van der Waals surface area contributed by atoms with Crippen LogP contribution in [0.4, 0.5) is 0 Å². The van der Waals surface area contributed by atoms with Gasteiger partial charge in [0.05, 0.1) is 12.3 Å². The molecule has 4 nitrogen and oxygen atoms in total. The maximum absolute atomic E-state index is 2.33. The zero-order valence-electron chi connectivity index (χ0n) is 9.96. The van der Waals surface area contributed by atoms with Crippen LogP contribution >= 0.6 is 0 Å². The van der Waals surface area contributed by atoms with Crippen LogP contribution in [0, 0.1) is 0 Å². The molecule has 5 heteroatoms. The third-order valence-corrected chi connectivity index (χ3v) is 3.45. The van der Waals surface area contributed by atoms with Crippen molar-refractivity contribution in [2.45, 2.75) is 26.2 Å². The standard InChI is InChI=1S/C10H19BN4/c1-9-12(3)5-7-14(9)11-15-8-6-13(4)10(15)2/h5-11H,1-4H3/t9-,10+. The van der Waals surface area contributed by atoms with E-state index in [0.717, 1.165) is 7.55 Å². The van der Waals surface area contributed by atoms with Crippen LogP contribution in [0.3, 0.4) is 0 Å². The molecular weight excluding hydrogens is 187 g/mol. The molecule has 0 aromatic carbocycles. The summed E-state index contributed by atoms with van der Waals surface area (Å²) in [7, 11) is 5.16. The normalized spacial score (nSPS) is 29.6. The smallest absolute Gasteiger partial charge is 0.359 e.